The van der Waals surface area contributed by atoms with Crippen molar-refractivity contribution in [2.24, 2.45) is 0 Å². The Morgan fingerprint density at radius 3 is 2.62 bits per heavy atom. The molecule has 2 aromatic carbocycles. The van der Waals surface area contributed by atoms with Crippen molar-refractivity contribution in [3.63, 3.8) is 0 Å². The Bertz CT molecular complexity index is 1110. The topological polar surface area (TPSA) is 50.7 Å². The van der Waals surface area contributed by atoms with Gasteiger partial charge in [-0.2, -0.15) is 5.10 Å². The second kappa shape index (κ2) is 6.59. The molecular formula is C21H18FN3O. The molecule has 4 nitrogen and oxygen atoms in total. The van der Waals surface area contributed by atoms with Crippen LogP contribution in [0.2, 0.25) is 0 Å². The molecule has 0 aliphatic heterocycles. The van der Waals surface area contributed by atoms with Gasteiger partial charge in [0.05, 0.1) is 11.2 Å². The van der Waals surface area contributed by atoms with Gasteiger partial charge in [-0.15, -0.1) is 0 Å². The molecule has 0 aliphatic carbocycles. The molecule has 0 unspecified atom stereocenters. The van der Waals surface area contributed by atoms with Crippen molar-refractivity contribution >= 4 is 10.9 Å². The number of aryl methyl sites for hydroxylation is 1. The highest BCUT2D eigenvalue weighted by Gasteiger charge is 2.13. The van der Waals surface area contributed by atoms with Crippen LogP contribution < -0.4 is 5.43 Å². The number of nitrogens with one attached hydrogen (secondary N) is 1. The van der Waals surface area contributed by atoms with E-state index in [0.29, 0.717) is 23.8 Å². The summed E-state index contributed by atoms with van der Waals surface area (Å²) in [6, 6.07) is 14.4. The van der Waals surface area contributed by atoms with Gasteiger partial charge in [-0.3, -0.25) is 4.79 Å². The second-order valence-corrected chi connectivity index (χ2v) is 6.22. The fourth-order valence-electron chi connectivity index (χ4n) is 3.25. The Morgan fingerprint density at radius 1 is 1.12 bits per heavy atom. The summed E-state index contributed by atoms with van der Waals surface area (Å²) in [5.41, 5.74) is 3.64. The zero-order valence-electron chi connectivity index (χ0n) is 14.4. The van der Waals surface area contributed by atoms with E-state index in [1.54, 1.807) is 23.0 Å². The summed E-state index contributed by atoms with van der Waals surface area (Å²) in [7, 11) is 0. The number of para-hydroxylation sites is 1. The molecule has 0 bridgehead atoms. The fourth-order valence-corrected chi connectivity index (χ4v) is 3.25. The molecule has 0 saturated heterocycles. The van der Waals surface area contributed by atoms with E-state index in [1.807, 2.05) is 43.5 Å². The molecule has 0 radical (unpaired) electrons. The van der Waals surface area contributed by atoms with E-state index >= 15 is 0 Å². The first-order valence-corrected chi connectivity index (χ1v) is 8.58. The average molecular weight is 347 g/mol. The smallest absolute Gasteiger partial charge is 0.193 e. The molecule has 1 N–H and O–H groups in total. The summed E-state index contributed by atoms with van der Waals surface area (Å²) in [5, 5.41) is 4.60. The Hall–Kier alpha value is -3.21. The monoisotopic (exact) mass is 347 g/mol. The molecule has 0 saturated carbocycles. The van der Waals surface area contributed by atoms with E-state index in [2.05, 4.69) is 10.1 Å². The van der Waals surface area contributed by atoms with E-state index in [0.717, 1.165) is 16.9 Å². The number of nitrogens with zero attached hydrogens (tertiary/aromatic N) is 2. The summed E-state index contributed by atoms with van der Waals surface area (Å²) < 4.78 is 15.8. The highest BCUT2D eigenvalue weighted by Crippen LogP contribution is 2.18. The molecule has 2 aromatic heterocycles. The molecule has 26 heavy (non-hydrogen) atoms. The number of pyridine rings is 1. The van der Waals surface area contributed by atoms with Crippen LogP contribution in [0.1, 0.15) is 23.7 Å². The first-order valence-electron chi connectivity index (χ1n) is 8.58. The summed E-state index contributed by atoms with van der Waals surface area (Å²) >= 11 is 0. The van der Waals surface area contributed by atoms with Gasteiger partial charge in [-0.1, -0.05) is 25.1 Å². The van der Waals surface area contributed by atoms with Crippen molar-refractivity contribution < 1.29 is 4.39 Å². The highest BCUT2D eigenvalue weighted by molar-refractivity contribution is 5.80. The van der Waals surface area contributed by atoms with Gasteiger partial charge >= 0.3 is 0 Å². The van der Waals surface area contributed by atoms with Gasteiger partial charge in [0.25, 0.3) is 0 Å². The quantitative estimate of drug-likeness (QED) is 0.606. The van der Waals surface area contributed by atoms with Crippen molar-refractivity contribution in [1.82, 2.24) is 14.8 Å². The molecule has 2 heterocycles. The van der Waals surface area contributed by atoms with Crippen molar-refractivity contribution in [2.45, 2.75) is 19.8 Å². The summed E-state index contributed by atoms with van der Waals surface area (Å²) in [6.45, 7) is 1.96. The number of aromatic amines is 1. The van der Waals surface area contributed by atoms with Gasteiger partial charge in [0, 0.05) is 35.5 Å². The van der Waals surface area contributed by atoms with E-state index in [1.165, 1.54) is 6.07 Å². The molecule has 4 aromatic rings. The molecule has 130 valence electrons. The first-order chi connectivity index (χ1) is 12.7. The van der Waals surface area contributed by atoms with Crippen LogP contribution in [0.3, 0.4) is 0 Å². The van der Waals surface area contributed by atoms with Crippen LogP contribution in [0.4, 0.5) is 4.39 Å². The predicted molar refractivity (Wildman–Crippen MR) is 100 cm³/mol. The van der Waals surface area contributed by atoms with Gasteiger partial charge in [0.2, 0.25) is 0 Å². The molecule has 0 spiro atoms. The standard InChI is InChI=1S/C21H18FN3O/c1-2-19-17(21(26)16-5-3-6-18(22)20(16)24-19)13-14-7-9-15(10-8-14)25-12-4-11-23-25/h3-12H,2,13H2,1H3,(H,24,26). The van der Waals surface area contributed by atoms with E-state index in [9.17, 15) is 9.18 Å². The third kappa shape index (κ3) is 2.81. The third-order valence-corrected chi connectivity index (χ3v) is 4.61. The van der Waals surface area contributed by atoms with Gasteiger partial charge in [-0.05, 0) is 42.3 Å². The van der Waals surface area contributed by atoms with E-state index < -0.39 is 5.82 Å². The molecule has 0 fully saturated rings. The van der Waals surface area contributed by atoms with Crippen molar-refractivity contribution in [3.8, 4) is 5.69 Å². The fraction of sp³-hybridized carbons (Fsp3) is 0.143. The molecule has 0 atom stereocenters. The van der Waals surface area contributed by atoms with Crippen LogP contribution in [-0.2, 0) is 12.8 Å². The number of benzene rings is 2. The van der Waals surface area contributed by atoms with Gasteiger partial charge in [0.15, 0.2) is 5.43 Å². The number of fused-ring (bicyclic) bond motifs is 1. The van der Waals surface area contributed by atoms with E-state index in [-0.39, 0.29) is 10.9 Å². The van der Waals surface area contributed by atoms with Crippen LogP contribution in [0.15, 0.2) is 65.7 Å². The van der Waals surface area contributed by atoms with Crippen molar-refractivity contribution in [1.29, 1.82) is 0 Å². The molecule has 4 rings (SSSR count). The Kier molecular flexibility index (Phi) is 4.13. The summed E-state index contributed by atoms with van der Waals surface area (Å²) in [4.78, 5) is 16.0. The van der Waals surface area contributed by atoms with Gasteiger partial charge < -0.3 is 4.98 Å². The highest BCUT2D eigenvalue weighted by atomic mass is 19.1. The zero-order valence-corrected chi connectivity index (χ0v) is 14.4. The predicted octanol–water partition coefficient (Wildman–Crippen LogP) is 4.01. The minimum atomic E-state index is -0.399. The number of H-pyrrole nitrogens is 1. The largest absolute Gasteiger partial charge is 0.356 e. The van der Waals surface area contributed by atoms with Crippen LogP contribution in [0.5, 0.6) is 0 Å². The molecule has 5 heteroatoms. The van der Waals surface area contributed by atoms with Crippen molar-refractivity contribution in [2.75, 3.05) is 0 Å². The zero-order chi connectivity index (χ0) is 18.1. The average Bonchev–Trinajstić information content (AvgIpc) is 3.20. The third-order valence-electron chi connectivity index (χ3n) is 4.61. The van der Waals surface area contributed by atoms with E-state index in [4.69, 9.17) is 0 Å². The summed E-state index contributed by atoms with van der Waals surface area (Å²) in [6.07, 6.45) is 4.76. The SMILES string of the molecule is CCc1[nH]c2c(F)cccc2c(=O)c1Cc1ccc(-n2cccn2)cc1. The summed E-state index contributed by atoms with van der Waals surface area (Å²) in [5.74, 6) is -0.399. The molecular weight excluding hydrogens is 329 g/mol. The molecule has 0 amide bonds. The lowest BCUT2D eigenvalue weighted by Crippen LogP contribution is -2.16. The van der Waals surface area contributed by atoms with Crippen LogP contribution in [0, 0.1) is 5.82 Å². The van der Waals surface area contributed by atoms with Crippen LogP contribution in [0.25, 0.3) is 16.6 Å². The maximum absolute atomic E-state index is 14.0. The number of aromatic nitrogens is 3. The number of hydrogen-bond donors (Lipinski definition) is 1. The number of halogens is 1. The number of hydrogen-bond acceptors (Lipinski definition) is 2. The Morgan fingerprint density at radius 2 is 1.92 bits per heavy atom. The van der Waals surface area contributed by atoms with Crippen molar-refractivity contribution in [3.05, 3.63) is 93.8 Å². The van der Waals surface area contributed by atoms with Gasteiger partial charge in [0.1, 0.15) is 5.82 Å². The Labute approximate surface area is 149 Å². The maximum atomic E-state index is 14.0. The normalized spacial score (nSPS) is 11.2. The lowest BCUT2D eigenvalue weighted by molar-refractivity contribution is 0.636. The first kappa shape index (κ1) is 16.3. The minimum absolute atomic E-state index is 0.105. The van der Waals surface area contributed by atoms with Gasteiger partial charge in [-0.25, -0.2) is 9.07 Å². The lowest BCUT2D eigenvalue weighted by Gasteiger charge is -2.11. The minimum Gasteiger partial charge on any atom is -0.356 e. The van der Waals surface area contributed by atoms with Crippen LogP contribution >= 0.6 is 0 Å². The second-order valence-electron chi connectivity index (χ2n) is 6.22. The lowest BCUT2D eigenvalue weighted by atomic mass is 9.99. The Balaban J connectivity index is 1.75. The van der Waals surface area contributed by atoms with Crippen LogP contribution in [-0.4, -0.2) is 14.8 Å². The number of rotatable bonds is 4. The molecule has 0 aliphatic rings. The maximum Gasteiger partial charge on any atom is 0.193 e.